The number of halogens is 1. The lowest BCUT2D eigenvalue weighted by atomic mass is 10.2. The zero-order valence-electron chi connectivity index (χ0n) is 16.6. The first-order chi connectivity index (χ1) is 14.8. The van der Waals surface area contributed by atoms with Crippen molar-refractivity contribution in [3.8, 4) is 10.7 Å². The molecule has 0 radical (unpaired) electrons. The van der Waals surface area contributed by atoms with Gasteiger partial charge in [0.1, 0.15) is 10.9 Å². The molecule has 0 saturated carbocycles. The summed E-state index contributed by atoms with van der Waals surface area (Å²) >= 11 is 13.0. The Morgan fingerprint density at radius 1 is 1.19 bits per heavy atom. The lowest BCUT2D eigenvalue weighted by Gasteiger charge is -2.35. The largest absolute Gasteiger partial charge is 0.338 e. The van der Waals surface area contributed by atoms with Gasteiger partial charge < -0.3 is 4.90 Å². The van der Waals surface area contributed by atoms with E-state index in [2.05, 4.69) is 10.2 Å². The predicted octanol–water partition coefficient (Wildman–Crippen LogP) is 3.42. The number of hydrogen-bond donors (Lipinski definition) is 1. The maximum Gasteiger partial charge on any atom is 0.245 e. The summed E-state index contributed by atoms with van der Waals surface area (Å²) in [5, 5.41) is 9.16. The van der Waals surface area contributed by atoms with Crippen LogP contribution >= 0.6 is 35.2 Å². The highest BCUT2D eigenvalue weighted by molar-refractivity contribution is 7.89. The molecule has 2 aromatic heterocycles. The fourth-order valence-electron chi connectivity index (χ4n) is 3.56. The number of amides is 1. The number of nitrogens with one attached hydrogen (secondary N) is 1. The van der Waals surface area contributed by atoms with Crippen LogP contribution in [0, 0.1) is 4.77 Å². The van der Waals surface area contributed by atoms with Crippen LogP contribution in [-0.2, 0) is 14.8 Å². The molecule has 164 valence electrons. The molecule has 8 nitrogen and oxygen atoms in total. The molecule has 1 saturated heterocycles. The number of aromatic nitrogens is 3. The van der Waals surface area contributed by atoms with Crippen LogP contribution in [0.5, 0.6) is 0 Å². The van der Waals surface area contributed by atoms with Gasteiger partial charge in [-0.2, -0.15) is 9.40 Å². The number of carbonyl (C=O) groups excluding carboxylic acids is 1. The van der Waals surface area contributed by atoms with Crippen LogP contribution in [-0.4, -0.2) is 64.5 Å². The van der Waals surface area contributed by atoms with E-state index in [1.807, 2.05) is 17.5 Å². The molecule has 1 atom stereocenters. The maximum atomic E-state index is 13.2. The first-order valence-electron chi connectivity index (χ1n) is 9.55. The Bertz CT molecular complexity index is 1240. The van der Waals surface area contributed by atoms with Crippen molar-refractivity contribution < 1.29 is 13.2 Å². The van der Waals surface area contributed by atoms with E-state index < -0.39 is 16.1 Å². The van der Waals surface area contributed by atoms with Crippen molar-refractivity contribution in [3.63, 3.8) is 0 Å². The highest BCUT2D eigenvalue weighted by Crippen LogP contribution is 2.28. The zero-order valence-corrected chi connectivity index (χ0v) is 19.8. The summed E-state index contributed by atoms with van der Waals surface area (Å²) in [5.41, 5.74) is 0. The molecule has 1 aliphatic heterocycles. The summed E-state index contributed by atoms with van der Waals surface area (Å²) in [6.07, 6.45) is 0. The van der Waals surface area contributed by atoms with Gasteiger partial charge in [-0.05, 0) is 42.7 Å². The first kappa shape index (κ1) is 22.2. The number of piperazine rings is 1. The standard InChI is InChI=1S/C19H20ClN5O3S3/c1-13(25-17(21-22-19(25)29)15-6-4-12-30-15)18(26)23-8-10-24(11-9-23)31(27,28)16-7-3-2-5-14(16)20/h2-7,12-13H,8-11H2,1H3,(H,22,29). The number of rotatable bonds is 5. The highest BCUT2D eigenvalue weighted by atomic mass is 35.5. The minimum atomic E-state index is -3.72. The summed E-state index contributed by atoms with van der Waals surface area (Å²) < 4.78 is 29.3. The van der Waals surface area contributed by atoms with E-state index in [1.165, 1.54) is 21.7 Å². The molecule has 1 N–H and O–H groups in total. The van der Waals surface area contributed by atoms with E-state index >= 15 is 0 Å². The monoisotopic (exact) mass is 497 g/mol. The number of carbonyl (C=O) groups is 1. The number of benzene rings is 1. The van der Waals surface area contributed by atoms with E-state index in [0.29, 0.717) is 10.6 Å². The topological polar surface area (TPSA) is 91.3 Å². The Labute approximate surface area is 194 Å². The quantitative estimate of drug-likeness (QED) is 0.545. The Kier molecular flexibility index (Phi) is 6.31. The van der Waals surface area contributed by atoms with Crippen molar-refractivity contribution >= 4 is 51.1 Å². The molecule has 0 bridgehead atoms. The van der Waals surface area contributed by atoms with Gasteiger partial charge in [0.2, 0.25) is 15.9 Å². The SMILES string of the molecule is CC(C(=O)N1CCN(S(=O)(=O)c2ccccc2Cl)CC1)n1c(-c2cccs2)n[nH]c1=S. The summed E-state index contributed by atoms with van der Waals surface area (Å²) in [6, 6.07) is 9.62. The van der Waals surface area contributed by atoms with Crippen molar-refractivity contribution in [2.75, 3.05) is 26.2 Å². The fourth-order valence-corrected chi connectivity index (χ4v) is 6.48. The number of nitrogens with zero attached hydrogens (tertiary/aromatic N) is 4. The van der Waals surface area contributed by atoms with E-state index in [0.717, 1.165) is 4.88 Å². The molecule has 12 heteroatoms. The van der Waals surface area contributed by atoms with Crippen molar-refractivity contribution in [2.24, 2.45) is 0 Å². The summed E-state index contributed by atoms with van der Waals surface area (Å²) in [5.74, 6) is 0.478. The summed E-state index contributed by atoms with van der Waals surface area (Å²) in [6.45, 7) is 2.73. The summed E-state index contributed by atoms with van der Waals surface area (Å²) in [7, 11) is -3.72. The normalized spacial score (nSPS) is 16.4. The third-order valence-electron chi connectivity index (χ3n) is 5.20. The molecule has 1 aromatic carbocycles. The Hall–Kier alpha value is -2.05. The smallest absolute Gasteiger partial charge is 0.245 e. The molecular weight excluding hydrogens is 478 g/mol. The molecular formula is C19H20ClN5O3S3. The minimum absolute atomic E-state index is 0.0788. The minimum Gasteiger partial charge on any atom is -0.338 e. The molecule has 1 aliphatic rings. The lowest BCUT2D eigenvalue weighted by molar-refractivity contribution is -0.135. The Balaban J connectivity index is 1.49. The molecule has 1 unspecified atom stereocenters. The molecule has 1 amide bonds. The van der Waals surface area contributed by atoms with Crippen LogP contribution in [0.3, 0.4) is 0 Å². The average molecular weight is 498 g/mol. The van der Waals surface area contributed by atoms with Crippen LogP contribution in [0.25, 0.3) is 10.7 Å². The Morgan fingerprint density at radius 2 is 1.90 bits per heavy atom. The number of sulfonamides is 1. The van der Waals surface area contributed by atoms with Gasteiger partial charge in [0.15, 0.2) is 10.6 Å². The maximum absolute atomic E-state index is 13.2. The second-order valence-corrected chi connectivity index (χ2v) is 10.7. The van der Waals surface area contributed by atoms with Crippen LogP contribution in [0.2, 0.25) is 5.02 Å². The van der Waals surface area contributed by atoms with Crippen molar-refractivity contribution in [1.82, 2.24) is 24.0 Å². The average Bonchev–Trinajstić information content (AvgIpc) is 3.42. The predicted molar refractivity (Wildman–Crippen MR) is 122 cm³/mol. The number of hydrogen-bond acceptors (Lipinski definition) is 6. The van der Waals surface area contributed by atoms with Crippen LogP contribution < -0.4 is 0 Å². The zero-order chi connectivity index (χ0) is 22.2. The fraction of sp³-hybridized carbons (Fsp3) is 0.316. The van der Waals surface area contributed by atoms with Gasteiger partial charge in [-0.15, -0.1) is 11.3 Å². The van der Waals surface area contributed by atoms with Crippen molar-refractivity contribution in [1.29, 1.82) is 0 Å². The van der Waals surface area contributed by atoms with E-state index in [4.69, 9.17) is 23.8 Å². The van der Waals surface area contributed by atoms with Gasteiger partial charge in [0.05, 0.1) is 9.90 Å². The molecule has 4 rings (SSSR count). The second-order valence-electron chi connectivity index (χ2n) is 7.04. The second kappa shape index (κ2) is 8.83. The highest BCUT2D eigenvalue weighted by Gasteiger charge is 2.33. The number of aromatic amines is 1. The Morgan fingerprint density at radius 3 is 2.55 bits per heavy atom. The lowest BCUT2D eigenvalue weighted by Crippen LogP contribution is -2.51. The molecule has 3 aromatic rings. The van der Waals surface area contributed by atoms with Gasteiger partial charge in [-0.1, -0.05) is 29.8 Å². The van der Waals surface area contributed by atoms with Gasteiger partial charge in [-0.25, -0.2) is 8.42 Å². The third kappa shape index (κ3) is 4.20. The number of thiophene rings is 1. The number of H-pyrrole nitrogens is 1. The van der Waals surface area contributed by atoms with Gasteiger partial charge in [-0.3, -0.25) is 14.5 Å². The first-order valence-corrected chi connectivity index (χ1v) is 12.7. The molecule has 0 spiro atoms. The molecule has 0 aliphatic carbocycles. The molecule has 31 heavy (non-hydrogen) atoms. The van der Waals surface area contributed by atoms with Gasteiger partial charge in [0.25, 0.3) is 0 Å². The van der Waals surface area contributed by atoms with Gasteiger partial charge >= 0.3 is 0 Å². The van der Waals surface area contributed by atoms with Crippen LogP contribution in [0.1, 0.15) is 13.0 Å². The van der Waals surface area contributed by atoms with Crippen molar-refractivity contribution in [2.45, 2.75) is 17.9 Å². The third-order valence-corrected chi connectivity index (χ3v) is 8.75. The van der Waals surface area contributed by atoms with Gasteiger partial charge in [0, 0.05) is 26.2 Å². The molecule has 1 fully saturated rings. The van der Waals surface area contributed by atoms with Crippen LogP contribution in [0.15, 0.2) is 46.7 Å². The van der Waals surface area contributed by atoms with Crippen LogP contribution in [0.4, 0.5) is 0 Å². The van der Waals surface area contributed by atoms with Crippen molar-refractivity contribution in [3.05, 3.63) is 51.6 Å². The molecule has 3 heterocycles. The summed E-state index contributed by atoms with van der Waals surface area (Å²) in [4.78, 5) is 15.8. The van der Waals surface area contributed by atoms with E-state index in [-0.39, 0.29) is 42.0 Å². The van der Waals surface area contributed by atoms with E-state index in [9.17, 15) is 13.2 Å². The van der Waals surface area contributed by atoms with E-state index in [1.54, 1.807) is 34.6 Å².